The average molecular weight is 297 g/mol. The molecular weight excluding hydrogens is 281 g/mol. The van der Waals surface area contributed by atoms with Crippen LogP contribution in [0.4, 0.5) is 9.18 Å². The average Bonchev–Trinajstić information content (AvgIpc) is 3.17. The number of cyclic esters (lactones) is 1. The van der Waals surface area contributed by atoms with Gasteiger partial charge in [-0.1, -0.05) is 60.7 Å². The Morgan fingerprint density at radius 3 is 2.05 bits per heavy atom. The molecule has 1 amide bonds. The van der Waals surface area contributed by atoms with Crippen LogP contribution in [0.5, 0.6) is 0 Å². The van der Waals surface area contributed by atoms with Gasteiger partial charge in [0.25, 0.3) is 0 Å². The van der Waals surface area contributed by atoms with Crippen LogP contribution in [0.15, 0.2) is 60.7 Å². The van der Waals surface area contributed by atoms with E-state index in [1.54, 1.807) is 4.90 Å². The topological polar surface area (TPSA) is 29.5 Å². The van der Waals surface area contributed by atoms with Gasteiger partial charge in [0.05, 0.1) is 6.04 Å². The molecule has 3 nitrogen and oxygen atoms in total. The second-order valence-corrected chi connectivity index (χ2v) is 5.80. The highest BCUT2D eigenvalue weighted by Crippen LogP contribution is 2.48. The molecule has 4 atom stereocenters. The van der Waals surface area contributed by atoms with Crippen LogP contribution in [0, 0.1) is 0 Å². The molecule has 4 rings (SSSR count). The van der Waals surface area contributed by atoms with Gasteiger partial charge in [-0.2, -0.15) is 0 Å². The molecule has 2 aromatic carbocycles. The molecule has 1 saturated carbocycles. The van der Waals surface area contributed by atoms with Crippen LogP contribution in [-0.4, -0.2) is 23.2 Å². The molecule has 4 heteroatoms. The highest BCUT2D eigenvalue weighted by Gasteiger charge is 2.54. The molecule has 0 radical (unpaired) electrons. The highest BCUT2D eigenvalue weighted by atomic mass is 19.1. The van der Waals surface area contributed by atoms with E-state index in [-0.39, 0.29) is 12.1 Å². The van der Waals surface area contributed by atoms with Crippen molar-refractivity contribution in [1.29, 1.82) is 0 Å². The molecule has 0 aromatic heterocycles. The molecule has 0 bridgehead atoms. The number of carbonyl (C=O) groups is 1. The first-order chi connectivity index (χ1) is 10.8. The number of rotatable bonds is 3. The third kappa shape index (κ3) is 2.15. The zero-order valence-electron chi connectivity index (χ0n) is 11.9. The van der Waals surface area contributed by atoms with Crippen molar-refractivity contribution in [3.05, 3.63) is 71.8 Å². The maximum atomic E-state index is 13.6. The second kappa shape index (κ2) is 5.13. The van der Waals surface area contributed by atoms with E-state index in [0.717, 1.165) is 11.1 Å². The van der Waals surface area contributed by atoms with Gasteiger partial charge in [-0.25, -0.2) is 9.18 Å². The van der Waals surface area contributed by atoms with E-state index in [1.807, 2.05) is 60.7 Å². The number of hydrogen-bond donors (Lipinski definition) is 0. The predicted octanol–water partition coefficient (Wildman–Crippen LogP) is 4.03. The van der Waals surface area contributed by atoms with Crippen LogP contribution < -0.4 is 0 Å². The molecule has 2 aliphatic rings. The number of carbonyl (C=O) groups excluding carboxylic acids is 1. The largest absolute Gasteiger partial charge is 0.439 e. The van der Waals surface area contributed by atoms with Crippen molar-refractivity contribution in [3.8, 4) is 0 Å². The lowest BCUT2D eigenvalue weighted by Gasteiger charge is -2.25. The van der Waals surface area contributed by atoms with E-state index in [2.05, 4.69) is 0 Å². The van der Waals surface area contributed by atoms with Crippen molar-refractivity contribution in [1.82, 2.24) is 4.90 Å². The van der Waals surface area contributed by atoms with Crippen molar-refractivity contribution >= 4 is 6.09 Å². The van der Waals surface area contributed by atoms with Crippen molar-refractivity contribution in [2.75, 3.05) is 0 Å². The molecule has 2 fully saturated rings. The number of ether oxygens (including phenoxy) is 1. The highest BCUT2D eigenvalue weighted by molar-refractivity contribution is 5.72. The molecule has 112 valence electrons. The Morgan fingerprint density at radius 1 is 0.955 bits per heavy atom. The Bertz CT molecular complexity index is 676. The molecule has 0 unspecified atom stereocenters. The molecular formula is C18H16FNO2. The second-order valence-electron chi connectivity index (χ2n) is 5.80. The van der Waals surface area contributed by atoms with Crippen LogP contribution in [0.2, 0.25) is 0 Å². The van der Waals surface area contributed by atoms with Gasteiger partial charge in [0, 0.05) is 6.42 Å². The van der Waals surface area contributed by atoms with E-state index in [0.29, 0.717) is 6.42 Å². The lowest BCUT2D eigenvalue weighted by Crippen LogP contribution is -2.31. The SMILES string of the molecule is O=C1O[C@@H](c2ccccc2)[C@@H](c2ccccc2)N1[C@@H]1C[C@@H]1F. The van der Waals surface area contributed by atoms with Gasteiger partial charge in [0.1, 0.15) is 12.2 Å². The molecule has 1 aliphatic carbocycles. The normalized spacial score (nSPS) is 30.2. The van der Waals surface area contributed by atoms with Crippen LogP contribution in [0.25, 0.3) is 0 Å². The fraction of sp³-hybridized carbons (Fsp3) is 0.278. The maximum absolute atomic E-state index is 13.6. The van der Waals surface area contributed by atoms with Gasteiger partial charge in [0.2, 0.25) is 0 Å². The Kier molecular flexibility index (Phi) is 3.10. The summed E-state index contributed by atoms with van der Waals surface area (Å²) in [4.78, 5) is 13.9. The summed E-state index contributed by atoms with van der Waals surface area (Å²) in [6, 6.07) is 18.7. The maximum Gasteiger partial charge on any atom is 0.411 e. The number of nitrogens with zero attached hydrogens (tertiary/aromatic N) is 1. The van der Waals surface area contributed by atoms with Crippen LogP contribution in [-0.2, 0) is 4.74 Å². The van der Waals surface area contributed by atoms with E-state index in [4.69, 9.17) is 4.74 Å². The van der Waals surface area contributed by atoms with E-state index >= 15 is 0 Å². The molecule has 1 heterocycles. The van der Waals surface area contributed by atoms with Crippen molar-refractivity contribution < 1.29 is 13.9 Å². The number of halogens is 1. The summed E-state index contributed by atoms with van der Waals surface area (Å²) in [5.74, 6) is 0. The van der Waals surface area contributed by atoms with Crippen LogP contribution >= 0.6 is 0 Å². The minimum atomic E-state index is -0.937. The fourth-order valence-electron chi connectivity index (χ4n) is 3.15. The van der Waals surface area contributed by atoms with Gasteiger partial charge in [-0.15, -0.1) is 0 Å². The monoisotopic (exact) mass is 297 g/mol. The van der Waals surface area contributed by atoms with Gasteiger partial charge in [0.15, 0.2) is 6.10 Å². The predicted molar refractivity (Wildman–Crippen MR) is 80.0 cm³/mol. The molecule has 1 saturated heterocycles. The fourth-order valence-corrected chi connectivity index (χ4v) is 3.15. The third-order valence-corrected chi connectivity index (χ3v) is 4.33. The number of alkyl halides is 1. The van der Waals surface area contributed by atoms with Crippen molar-refractivity contribution in [3.63, 3.8) is 0 Å². The summed E-state index contributed by atoms with van der Waals surface area (Å²) in [7, 11) is 0. The van der Waals surface area contributed by atoms with E-state index in [1.165, 1.54) is 0 Å². The summed E-state index contributed by atoms with van der Waals surface area (Å²) in [6.45, 7) is 0. The lowest BCUT2D eigenvalue weighted by atomic mass is 9.95. The van der Waals surface area contributed by atoms with Crippen molar-refractivity contribution in [2.24, 2.45) is 0 Å². The standard InChI is InChI=1S/C18H16FNO2/c19-14-11-15(14)20-16(12-7-3-1-4-8-12)17(22-18(20)21)13-9-5-2-6-10-13/h1-10,14-17H,11H2/t14-,15+,16+,17-/m0/s1. The van der Waals surface area contributed by atoms with Crippen LogP contribution in [0.3, 0.4) is 0 Å². The summed E-state index contributed by atoms with van der Waals surface area (Å²) in [6.07, 6.45) is -1.36. The van der Waals surface area contributed by atoms with Gasteiger partial charge >= 0.3 is 6.09 Å². The quantitative estimate of drug-likeness (QED) is 0.856. The first kappa shape index (κ1) is 13.3. The number of amides is 1. The Morgan fingerprint density at radius 2 is 1.50 bits per heavy atom. The first-order valence-electron chi connectivity index (χ1n) is 7.48. The van der Waals surface area contributed by atoms with E-state index in [9.17, 15) is 9.18 Å². The lowest BCUT2D eigenvalue weighted by molar-refractivity contribution is 0.129. The van der Waals surface area contributed by atoms with Gasteiger partial charge in [-0.3, -0.25) is 4.90 Å². The zero-order valence-corrected chi connectivity index (χ0v) is 11.9. The minimum Gasteiger partial charge on any atom is -0.439 e. The molecule has 0 N–H and O–H groups in total. The van der Waals surface area contributed by atoms with Gasteiger partial charge < -0.3 is 4.74 Å². The molecule has 1 aliphatic heterocycles. The Balaban J connectivity index is 1.76. The number of benzene rings is 2. The van der Waals surface area contributed by atoms with E-state index < -0.39 is 18.4 Å². The Hall–Kier alpha value is -2.36. The zero-order chi connectivity index (χ0) is 15.1. The third-order valence-electron chi connectivity index (χ3n) is 4.33. The molecule has 0 spiro atoms. The summed E-state index contributed by atoms with van der Waals surface area (Å²) >= 11 is 0. The molecule has 22 heavy (non-hydrogen) atoms. The van der Waals surface area contributed by atoms with Crippen molar-refractivity contribution in [2.45, 2.75) is 30.8 Å². The Labute approximate surface area is 128 Å². The minimum absolute atomic E-state index is 0.276. The van der Waals surface area contributed by atoms with Gasteiger partial charge in [-0.05, 0) is 11.1 Å². The molecule has 2 aromatic rings. The summed E-state index contributed by atoms with van der Waals surface area (Å²) < 4.78 is 19.2. The summed E-state index contributed by atoms with van der Waals surface area (Å²) in [5.41, 5.74) is 1.91. The number of hydrogen-bond acceptors (Lipinski definition) is 2. The smallest absolute Gasteiger partial charge is 0.411 e. The first-order valence-corrected chi connectivity index (χ1v) is 7.48. The van der Waals surface area contributed by atoms with Crippen LogP contribution in [0.1, 0.15) is 29.7 Å². The summed E-state index contributed by atoms with van der Waals surface area (Å²) in [5, 5.41) is 0.